The lowest BCUT2D eigenvalue weighted by Crippen LogP contribution is -2.56. The zero-order valence-electron chi connectivity index (χ0n) is 21.0. The lowest BCUT2D eigenvalue weighted by Gasteiger charge is -2.23. The number of amides is 3. The third-order valence-electron chi connectivity index (χ3n) is 5.99. The topological polar surface area (TPSA) is 132 Å². The lowest BCUT2D eigenvalue weighted by molar-refractivity contribution is -0.130. The Morgan fingerprint density at radius 1 is 1.11 bits per heavy atom. The summed E-state index contributed by atoms with van der Waals surface area (Å²) in [4.78, 5) is 44.3. The number of benzene rings is 2. The predicted molar refractivity (Wildman–Crippen MR) is 140 cm³/mol. The van der Waals surface area contributed by atoms with Gasteiger partial charge in [0.2, 0.25) is 11.8 Å². The Morgan fingerprint density at radius 2 is 1.84 bits per heavy atom. The van der Waals surface area contributed by atoms with Gasteiger partial charge in [-0.15, -0.1) is 0 Å². The van der Waals surface area contributed by atoms with Crippen LogP contribution >= 0.6 is 0 Å². The van der Waals surface area contributed by atoms with Gasteiger partial charge in [0.15, 0.2) is 5.82 Å². The van der Waals surface area contributed by atoms with Crippen LogP contribution in [0.2, 0.25) is 0 Å². The van der Waals surface area contributed by atoms with Crippen LogP contribution in [0.25, 0.3) is 0 Å². The molecule has 37 heavy (non-hydrogen) atoms. The Morgan fingerprint density at radius 3 is 2.59 bits per heavy atom. The third kappa shape index (κ3) is 6.81. The van der Waals surface area contributed by atoms with Gasteiger partial charge in [0.1, 0.15) is 12.6 Å². The van der Waals surface area contributed by atoms with E-state index in [9.17, 15) is 14.4 Å². The second kappa shape index (κ2) is 11.4. The maximum Gasteiger partial charge on any atom is 0.250 e. The van der Waals surface area contributed by atoms with Crippen molar-refractivity contribution in [1.29, 1.82) is 0 Å². The van der Waals surface area contributed by atoms with Gasteiger partial charge in [-0.1, -0.05) is 48.5 Å². The number of nitrogens with two attached hydrogens (primary N) is 1. The van der Waals surface area contributed by atoms with E-state index in [-0.39, 0.29) is 31.5 Å². The summed E-state index contributed by atoms with van der Waals surface area (Å²) in [5, 5.41) is 5.35. The molecule has 0 radical (unpaired) electrons. The number of rotatable bonds is 10. The summed E-state index contributed by atoms with van der Waals surface area (Å²) in [5.41, 5.74) is 7.74. The molecule has 1 atom stereocenters. The zero-order valence-corrected chi connectivity index (χ0v) is 21.0. The minimum absolute atomic E-state index is 0.0594. The molecule has 3 aromatic rings. The summed E-state index contributed by atoms with van der Waals surface area (Å²) in [7, 11) is 0. The summed E-state index contributed by atoms with van der Waals surface area (Å²) in [6.45, 7) is 4.05. The molecule has 0 saturated carbocycles. The van der Waals surface area contributed by atoms with Crippen LogP contribution in [0.1, 0.15) is 25.0 Å². The summed E-state index contributed by atoms with van der Waals surface area (Å²) in [6.07, 6.45) is 3.89. The summed E-state index contributed by atoms with van der Waals surface area (Å²) < 4.78 is 7.32. The minimum Gasteiger partial charge on any atom is -0.374 e. The van der Waals surface area contributed by atoms with E-state index in [1.807, 2.05) is 54.6 Å². The lowest BCUT2D eigenvalue weighted by atomic mass is 10.1. The number of imidazole rings is 1. The van der Waals surface area contributed by atoms with Crippen LogP contribution in [-0.2, 0) is 38.7 Å². The maximum atomic E-state index is 13.0. The first-order chi connectivity index (χ1) is 17.7. The zero-order chi connectivity index (χ0) is 26.4. The largest absolute Gasteiger partial charge is 0.374 e. The quantitative estimate of drug-likeness (QED) is 0.386. The van der Waals surface area contributed by atoms with Crippen LogP contribution in [0.5, 0.6) is 0 Å². The molecule has 3 amide bonds. The number of carbonyl (C=O) groups excluding carboxylic acids is 3. The molecule has 0 aliphatic carbocycles. The molecule has 1 aliphatic rings. The van der Waals surface area contributed by atoms with Crippen LogP contribution < -0.4 is 21.3 Å². The number of fused-ring (bicyclic) bond motifs is 1. The van der Waals surface area contributed by atoms with Crippen molar-refractivity contribution in [2.24, 2.45) is 5.73 Å². The SMILES string of the molecule is CC(C)(N)C(=O)N[C@H](COCc1ccccc1)C(=O)Nc1cn(CC(=O)N2CCc3ccccc32)cn1. The molecule has 10 heteroatoms. The first kappa shape index (κ1) is 26.1. The normalized spacial score (nSPS) is 13.6. The van der Waals surface area contributed by atoms with Crippen LogP contribution in [0.15, 0.2) is 67.1 Å². The van der Waals surface area contributed by atoms with E-state index in [0.29, 0.717) is 6.54 Å². The van der Waals surface area contributed by atoms with Crippen molar-refractivity contribution in [2.75, 3.05) is 23.4 Å². The molecular weight excluding hydrogens is 472 g/mol. The molecule has 194 valence electrons. The molecule has 4 rings (SSSR count). The molecule has 0 saturated heterocycles. The molecule has 0 unspecified atom stereocenters. The van der Waals surface area contributed by atoms with Gasteiger partial charge in [0.25, 0.3) is 5.91 Å². The fourth-order valence-corrected chi connectivity index (χ4v) is 3.96. The van der Waals surface area contributed by atoms with Crippen molar-refractivity contribution in [3.8, 4) is 0 Å². The highest BCUT2D eigenvalue weighted by Crippen LogP contribution is 2.27. The van der Waals surface area contributed by atoms with Gasteiger partial charge in [-0.2, -0.15) is 0 Å². The molecule has 0 spiro atoms. The van der Waals surface area contributed by atoms with E-state index < -0.39 is 23.4 Å². The van der Waals surface area contributed by atoms with E-state index in [2.05, 4.69) is 15.6 Å². The highest BCUT2D eigenvalue weighted by atomic mass is 16.5. The average molecular weight is 505 g/mol. The second-order valence-electron chi connectivity index (χ2n) is 9.59. The van der Waals surface area contributed by atoms with Crippen LogP contribution in [0.4, 0.5) is 11.5 Å². The Bertz CT molecular complexity index is 1250. The monoisotopic (exact) mass is 504 g/mol. The first-order valence-electron chi connectivity index (χ1n) is 12.1. The van der Waals surface area contributed by atoms with Crippen LogP contribution in [0, 0.1) is 0 Å². The van der Waals surface area contributed by atoms with Crippen molar-refractivity contribution >= 4 is 29.2 Å². The maximum absolute atomic E-state index is 13.0. The molecule has 2 aromatic carbocycles. The fourth-order valence-electron chi connectivity index (χ4n) is 3.96. The Labute approximate surface area is 215 Å². The van der Waals surface area contributed by atoms with Gasteiger partial charge in [-0.25, -0.2) is 4.98 Å². The molecule has 1 aliphatic heterocycles. The van der Waals surface area contributed by atoms with E-state index in [4.69, 9.17) is 10.5 Å². The van der Waals surface area contributed by atoms with E-state index in [1.165, 1.54) is 6.33 Å². The number of anilines is 2. The molecule has 1 aromatic heterocycles. The molecule has 4 N–H and O–H groups in total. The first-order valence-corrected chi connectivity index (χ1v) is 12.1. The highest BCUT2D eigenvalue weighted by Gasteiger charge is 2.29. The molecule has 10 nitrogen and oxygen atoms in total. The molecular formula is C27H32N6O4. The number of carbonyl (C=O) groups is 3. The van der Waals surface area contributed by atoms with E-state index in [1.54, 1.807) is 29.5 Å². The average Bonchev–Trinajstić information content (AvgIpc) is 3.50. The highest BCUT2D eigenvalue weighted by molar-refractivity contribution is 5.98. The number of hydrogen-bond acceptors (Lipinski definition) is 6. The second-order valence-corrected chi connectivity index (χ2v) is 9.59. The summed E-state index contributed by atoms with van der Waals surface area (Å²) in [5.74, 6) is -0.799. The van der Waals surface area contributed by atoms with Gasteiger partial charge in [-0.05, 0) is 37.5 Å². The van der Waals surface area contributed by atoms with Crippen molar-refractivity contribution < 1.29 is 19.1 Å². The fraction of sp³-hybridized carbons (Fsp3) is 0.333. The van der Waals surface area contributed by atoms with Crippen molar-refractivity contribution in [3.05, 3.63) is 78.2 Å². The van der Waals surface area contributed by atoms with Crippen molar-refractivity contribution in [1.82, 2.24) is 14.9 Å². The molecule has 0 fully saturated rings. The van der Waals surface area contributed by atoms with Crippen molar-refractivity contribution in [2.45, 2.75) is 45.0 Å². The van der Waals surface area contributed by atoms with Gasteiger partial charge in [-0.3, -0.25) is 14.4 Å². The predicted octanol–water partition coefficient (Wildman–Crippen LogP) is 1.85. The van der Waals surface area contributed by atoms with E-state index >= 15 is 0 Å². The summed E-state index contributed by atoms with van der Waals surface area (Å²) in [6, 6.07) is 16.4. The van der Waals surface area contributed by atoms with Crippen molar-refractivity contribution in [3.63, 3.8) is 0 Å². The van der Waals surface area contributed by atoms with Gasteiger partial charge in [0.05, 0.1) is 25.1 Å². The van der Waals surface area contributed by atoms with Gasteiger partial charge in [0, 0.05) is 18.4 Å². The Hall–Kier alpha value is -4.02. The minimum atomic E-state index is -1.17. The smallest absolute Gasteiger partial charge is 0.250 e. The standard InChI is InChI=1S/C27H32N6O4/c1-27(2,28)26(36)30-21(17-37-16-19-8-4-3-5-9-19)25(35)31-23-14-32(18-29-23)15-24(34)33-13-12-20-10-6-7-11-22(20)33/h3-11,14,18,21H,12-13,15-17,28H2,1-2H3,(H,30,36)(H,31,35)/t21-/m1/s1. The summed E-state index contributed by atoms with van der Waals surface area (Å²) >= 11 is 0. The Balaban J connectivity index is 1.36. The number of hydrogen-bond donors (Lipinski definition) is 3. The number of nitrogens with one attached hydrogen (secondary N) is 2. The number of para-hydroxylation sites is 1. The van der Waals surface area contributed by atoms with E-state index in [0.717, 1.165) is 23.2 Å². The van der Waals surface area contributed by atoms with Gasteiger partial charge < -0.3 is 30.6 Å². The van der Waals surface area contributed by atoms with Gasteiger partial charge >= 0.3 is 0 Å². The number of nitrogens with zero attached hydrogens (tertiary/aromatic N) is 3. The van der Waals surface area contributed by atoms with Crippen LogP contribution in [-0.4, -0.2) is 52.0 Å². The number of ether oxygens (including phenoxy) is 1. The van der Waals surface area contributed by atoms with Crippen LogP contribution in [0.3, 0.4) is 0 Å². The number of aromatic nitrogens is 2. The molecule has 2 heterocycles. The third-order valence-corrected chi connectivity index (χ3v) is 5.99. The molecule has 0 bridgehead atoms. The Kier molecular flexibility index (Phi) is 8.00.